The molecule has 2 atom stereocenters. The van der Waals surface area contributed by atoms with Crippen LogP contribution < -0.4 is 9.47 Å². The Bertz CT molecular complexity index is 1200. The summed E-state index contributed by atoms with van der Waals surface area (Å²) in [4.78, 5) is 30.4. The number of nitrogens with zero attached hydrogens (tertiary/aromatic N) is 2. The first-order valence-electron chi connectivity index (χ1n) is 13.0. The van der Waals surface area contributed by atoms with Crippen LogP contribution in [0, 0.1) is 0 Å². The maximum atomic E-state index is 13.4. The van der Waals surface area contributed by atoms with Gasteiger partial charge in [-0.3, -0.25) is 9.59 Å². The highest BCUT2D eigenvalue weighted by Crippen LogP contribution is 2.42. The predicted molar refractivity (Wildman–Crippen MR) is 141 cm³/mol. The molecule has 0 bridgehead atoms. The lowest BCUT2D eigenvalue weighted by Gasteiger charge is -2.27. The summed E-state index contributed by atoms with van der Waals surface area (Å²) < 4.78 is 11.3. The Labute approximate surface area is 218 Å². The number of ketones is 1. The van der Waals surface area contributed by atoms with Crippen molar-refractivity contribution in [1.29, 1.82) is 0 Å². The highest BCUT2D eigenvalue weighted by Gasteiger charge is 2.46. The van der Waals surface area contributed by atoms with E-state index in [9.17, 15) is 19.8 Å². The fourth-order valence-corrected chi connectivity index (χ4v) is 5.16. The topological polar surface area (TPSA) is 99.5 Å². The van der Waals surface area contributed by atoms with E-state index in [-0.39, 0.29) is 28.9 Å². The van der Waals surface area contributed by atoms with Crippen LogP contribution in [0.5, 0.6) is 17.2 Å². The lowest BCUT2D eigenvalue weighted by molar-refractivity contribution is -0.140. The summed E-state index contributed by atoms with van der Waals surface area (Å²) >= 11 is 0. The summed E-state index contributed by atoms with van der Waals surface area (Å²) in [6.07, 6.45) is 1.42. The Kier molecular flexibility index (Phi) is 8.07. The molecule has 2 aliphatic rings. The van der Waals surface area contributed by atoms with E-state index in [0.29, 0.717) is 37.1 Å². The van der Waals surface area contributed by atoms with Gasteiger partial charge in [-0.15, -0.1) is 0 Å². The number of ether oxygens (including phenoxy) is 2. The molecule has 0 saturated carbocycles. The number of phenols is 1. The molecule has 0 spiro atoms. The molecule has 1 fully saturated rings. The zero-order valence-corrected chi connectivity index (χ0v) is 22.0. The van der Waals surface area contributed by atoms with Gasteiger partial charge in [0.05, 0.1) is 18.2 Å². The van der Waals surface area contributed by atoms with Crippen molar-refractivity contribution in [3.63, 3.8) is 0 Å². The Balaban J connectivity index is 1.77. The van der Waals surface area contributed by atoms with Crippen LogP contribution in [0.2, 0.25) is 0 Å². The minimum atomic E-state index is -0.806. The van der Waals surface area contributed by atoms with Crippen molar-refractivity contribution in [3.8, 4) is 17.2 Å². The lowest BCUT2D eigenvalue weighted by atomic mass is 9.94. The van der Waals surface area contributed by atoms with Gasteiger partial charge in [0.15, 0.2) is 11.5 Å². The predicted octanol–water partition coefficient (Wildman–Crippen LogP) is 4.27. The van der Waals surface area contributed by atoms with Crippen LogP contribution in [0.15, 0.2) is 42.0 Å². The van der Waals surface area contributed by atoms with Crippen LogP contribution in [0.1, 0.15) is 56.8 Å². The Morgan fingerprint density at radius 2 is 1.89 bits per heavy atom. The average Bonchev–Trinajstić information content (AvgIpc) is 3.38. The first-order chi connectivity index (χ1) is 17.8. The summed E-state index contributed by atoms with van der Waals surface area (Å²) in [6, 6.07) is 9.30. The average molecular weight is 509 g/mol. The number of hydrogen-bond acceptors (Lipinski definition) is 7. The number of phenolic OH excluding ortho intramolecular Hbond substituents is 1. The van der Waals surface area contributed by atoms with Crippen molar-refractivity contribution >= 4 is 17.4 Å². The molecule has 8 heteroatoms. The second-order valence-electron chi connectivity index (χ2n) is 9.49. The molecule has 0 aliphatic carbocycles. The van der Waals surface area contributed by atoms with Crippen LogP contribution in [0.3, 0.4) is 0 Å². The molecule has 8 nitrogen and oxygen atoms in total. The zero-order valence-electron chi connectivity index (χ0n) is 22.0. The Hall–Kier alpha value is -3.52. The summed E-state index contributed by atoms with van der Waals surface area (Å²) in [5.74, 6) is -0.591. The van der Waals surface area contributed by atoms with Crippen molar-refractivity contribution in [2.45, 2.75) is 52.7 Å². The lowest BCUT2D eigenvalue weighted by Crippen LogP contribution is -2.33. The van der Waals surface area contributed by atoms with Crippen LogP contribution in [-0.4, -0.2) is 70.6 Å². The van der Waals surface area contributed by atoms with Gasteiger partial charge in [0.1, 0.15) is 17.6 Å². The molecule has 4 rings (SSSR count). The molecule has 0 aromatic heterocycles. The van der Waals surface area contributed by atoms with Gasteiger partial charge < -0.3 is 29.5 Å². The van der Waals surface area contributed by atoms with Gasteiger partial charge in [-0.25, -0.2) is 0 Å². The molecule has 0 radical (unpaired) electrons. The van der Waals surface area contributed by atoms with Gasteiger partial charge in [-0.1, -0.05) is 19.9 Å². The van der Waals surface area contributed by atoms with Gasteiger partial charge in [0.25, 0.3) is 11.7 Å². The second kappa shape index (κ2) is 11.3. The summed E-state index contributed by atoms with van der Waals surface area (Å²) in [6.45, 7) is 11.2. The SMILES string of the molecule is CCOc1cc([C@H]2C(=C(O)c3ccc4c(c3)C[C@@H](C)O4)C(=O)C(=O)N2CCCN(CC)CC)ccc1O. The fourth-order valence-electron chi connectivity index (χ4n) is 5.16. The minimum Gasteiger partial charge on any atom is -0.507 e. The molecule has 2 heterocycles. The number of rotatable bonds is 10. The van der Waals surface area contributed by atoms with Crippen molar-refractivity contribution in [2.24, 2.45) is 0 Å². The van der Waals surface area contributed by atoms with E-state index in [1.54, 1.807) is 24.3 Å². The number of aromatic hydroxyl groups is 1. The number of carbonyl (C=O) groups excluding carboxylic acids is 2. The third-order valence-corrected chi connectivity index (χ3v) is 7.08. The quantitative estimate of drug-likeness (QED) is 0.281. The first kappa shape index (κ1) is 26.5. The van der Waals surface area contributed by atoms with Crippen LogP contribution in [0.4, 0.5) is 0 Å². The van der Waals surface area contributed by atoms with Gasteiger partial charge in [-0.2, -0.15) is 0 Å². The van der Waals surface area contributed by atoms with Crippen molar-refractivity contribution in [3.05, 3.63) is 58.7 Å². The zero-order chi connectivity index (χ0) is 26.7. The standard InChI is InChI=1S/C29H36N2O6/c1-5-30(6-2)13-8-14-31-26(19-9-11-22(32)24(17-19)36-7-3)25(28(34)29(31)35)27(33)20-10-12-23-21(16-20)15-18(4)37-23/h9-12,16-18,26,32-33H,5-8,13-15H2,1-4H3/t18-,26+/m1/s1. The molecule has 198 valence electrons. The Morgan fingerprint density at radius 3 is 2.59 bits per heavy atom. The molecule has 2 aliphatic heterocycles. The maximum absolute atomic E-state index is 13.4. The van der Waals surface area contributed by atoms with Crippen LogP contribution in [0.25, 0.3) is 5.76 Å². The molecular formula is C29H36N2O6. The van der Waals surface area contributed by atoms with Gasteiger partial charge in [0.2, 0.25) is 0 Å². The maximum Gasteiger partial charge on any atom is 0.295 e. The highest BCUT2D eigenvalue weighted by atomic mass is 16.5. The van der Waals surface area contributed by atoms with E-state index in [2.05, 4.69) is 18.7 Å². The largest absolute Gasteiger partial charge is 0.507 e. The van der Waals surface area contributed by atoms with Gasteiger partial charge in [-0.05, 0) is 81.4 Å². The van der Waals surface area contributed by atoms with Crippen LogP contribution in [-0.2, 0) is 16.0 Å². The Morgan fingerprint density at radius 1 is 1.14 bits per heavy atom. The number of benzene rings is 2. The molecule has 1 saturated heterocycles. The molecule has 37 heavy (non-hydrogen) atoms. The normalized spacial score (nSPS) is 20.4. The van der Waals surface area contributed by atoms with E-state index in [1.807, 2.05) is 19.9 Å². The summed E-state index contributed by atoms with van der Waals surface area (Å²) in [7, 11) is 0. The monoisotopic (exact) mass is 508 g/mol. The summed E-state index contributed by atoms with van der Waals surface area (Å²) in [5, 5.41) is 21.7. The molecule has 0 unspecified atom stereocenters. The fraction of sp³-hybridized carbons (Fsp3) is 0.448. The van der Waals surface area contributed by atoms with E-state index >= 15 is 0 Å². The number of aliphatic hydroxyl groups is 1. The number of hydrogen-bond donors (Lipinski definition) is 2. The van der Waals surface area contributed by atoms with E-state index in [1.165, 1.54) is 11.0 Å². The molecule has 2 aromatic rings. The third-order valence-electron chi connectivity index (χ3n) is 7.08. The molecule has 1 amide bonds. The molecule has 2 N–H and O–H groups in total. The number of fused-ring (bicyclic) bond motifs is 1. The number of Topliss-reactive ketones (excluding diaryl/α,β-unsaturated/α-hetero) is 1. The highest BCUT2D eigenvalue weighted by molar-refractivity contribution is 6.46. The number of amides is 1. The smallest absolute Gasteiger partial charge is 0.295 e. The summed E-state index contributed by atoms with van der Waals surface area (Å²) in [5.41, 5.74) is 2.03. The van der Waals surface area contributed by atoms with E-state index in [0.717, 1.165) is 30.9 Å². The van der Waals surface area contributed by atoms with E-state index in [4.69, 9.17) is 9.47 Å². The van der Waals surface area contributed by atoms with Crippen molar-refractivity contribution in [2.75, 3.05) is 32.8 Å². The third kappa shape index (κ3) is 5.30. The molecule has 2 aromatic carbocycles. The van der Waals surface area contributed by atoms with E-state index < -0.39 is 17.7 Å². The molecular weight excluding hydrogens is 472 g/mol. The van der Waals surface area contributed by atoms with Gasteiger partial charge >= 0.3 is 0 Å². The van der Waals surface area contributed by atoms with Crippen LogP contribution >= 0.6 is 0 Å². The van der Waals surface area contributed by atoms with Crippen molar-refractivity contribution < 1.29 is 29.3 Å². The minimum absolute atomic E-state index is 0.0307. The van der Waals surface area contributed by atoms with Gasteiger partial charge in [0, 0.05) is 18.5 Å². The van der Waals surface area contributed by atoms with Crippen molar-refractivity contribution in [1.82, 2.24) is 9.80 Å². The first-order valence-corrected chi connectivity index (χ1v) is 13.0. The second-order valence-corrected chi connectivity index (χ2v) is 9.49. The number of aliphatic hydroxyl groups excluding tert-OH is 1. The number of carbonyl (C=O) groups is 2. The number of likely N-dealkylation sites (tertiary alicyclic amines) is 1.